The van der Waals surface area contributed by atoms with Crippen LogP contribution >= 0.6 is 0 Å². The van der Waals surface area contributed by atoms with E-state index in [4.69, 9.17) is 13.9 Å². The molecule has 128 valence electrons. The molecule has 0 amide bonds. The van der Waals surface area contributed by atoms with E-state index < -0.39 is 5.97 Å². The van der Waals surface area contributed by atoms with Crippen LogP contribution in [0.2, 0.25) is 0 Å². The lowest BCUT2D eigenvalue weighted by Crippen LogP contribution is -2.27. The van der Waals surface area contributed by atoms with Crippen LogP contribution in [0.4, 0.5) is 0 Å². The van der Waals surface area contributed by atoms with Gasteiger partial charge in [-0.3, -0.25) is 9.88 Å². The Balaban J connectivity index is 1.64. The lowest BCUT2D eigenvalue weighted by molar-refractivity contribution is 0.0558. The Morgan fingerprint density at radius 3 is 2.88 bits per heavy atom. The summed E-state index contributed by atoms with van der Waals surface area (Å²) in [5.41, 5.74) is 0.799. The summed E-state index contributed by atoms with van der Waals surface area (Å²) in [7, 11) is 1.36. The van der Waals surface area contributed by atoms with Crippen molar-refractivity contribution in [3.63, 3.8) is 0 Å². The van der Waals surface area contributed by atoms with Gasteiger partial charge in [0.2, 0.25) is 5.76 Å². The molecule has 1 aliphatic heterocycles. The average Bonchev–Trinajstić information content (AvgIpc) is 3.21. The molecule has 0 N–H and O–H groups in total. The first-order valence-electron chi connectivity index (χ1n) is 8.08. The van der Waals surface area contributed by atoms with Gasteiger partial charge in [-0.25, -0.2) is 4.79 Å². The number of aromatic nitrogens is 1. The standard InChI is InChI=1S/C18H22N2O4/c1-12-10-16(24-17(12)18(21)22-3)13(2)20-9-6-15(11-20)23-14-4-7-19-8-5-14/h4-5,7-8,10,13,15H,6,9,11H2,1-3H3. The number of hydrogen-bond acceptors (Lipinski definition) is 6. The lowest BCUT2D eigenvalue weighted by Gasteiger charge is -2.22. The van der Waals surface area contributed by atoms with Crippen LogP contribution in [-0.2, 0) is 4.74 Å². The van der Waals surface area contributed by atoms with Crippen molar-refractivity contribution in [1.29, 1.82) is 0 Å². The molecular formula is C18H22N2O4. The molecule has 1 aliphatic rings. The molecule has 3 rings (SSSR count). The molecule has 0 spiro atoms. The largest absolute Gasteiger partial charge is 0.489 e. The summed E-state index contributed by atoms with van der Waals surface area (Å²) in [6.07, 6.45) is 4.55. The van der Waals surface area contributed by atoms with Gasteiger partial charge in [-0.2, -0.15) is 0 Å². The summed E-state index contributed by atoms with van der Waals surface area (Å²) in [6.45, 7) is 5.67. The molecule has 6 nitrogen and oxygen atoms in total. The Kier molecular flexibility index (Phi) is 4.85. The minimum atomic E-state index is -0.439. The third kappa shape index (κ3) is 3.43. The van der Waals surface area contributed by atoms with Crippen molar-refractivity contribution in [1.82, 2.24) is 9.88 Å². The molecule has 0 radical (unpaired) electrons. The fourth-order valence-corrected chi connectivity index (χ4v) is 3.00. The van der Waals surface area contributed by atoms with Crippen molar-refractivity contribution >= 4 is 5.97 Å². The van der Waals surface area contributed by atoms with Crippen LogP contribution in [0.25, 0.3) is 0 Å². The zero-order chi connectivity index (χ0) is 17.1. The van der Waals surface area contributed by atoms with E-state index in [9.17, 15) is 4.79 Å². The van der Waals surface area contributed by atoms with Gasteiger partial charge in [-0.15, -0.1) is 0 Å². The van der Waals surface area contributed by atoms with Gasteiger partial charge in [0, 0.05) is 31.0 Å². The van der Waals surface area contributed by atoms with Crippen molar-refractivity contribution in [2.75, 3.05) is 20.2 Å². The first-order chi connectivity index (χ1) is 11.6. The SMILES string of the molecule is COC(=O)c1oc(C(C)N2CCC(Oc3ccncc3)C2)cc1C. The third-order valence-corrected chi connectivity index (χ3v) is 4.40. The van der Waals surface area contributed by atoms with Crippen molar-refractivity contribution in [3.05, 3.63) is 47.7 Å². The summed E-state index contributed by atoms with van der Waals surface area (Å²) in [4.78, 5) is 18.0. The van der Waals surface area contributed by atoms with E-state index in [0.29, 0.717) is 0 Å². The van der Waals surface area contributed by atoms with E-state index in [1.54, 1.807) is 12.4 Å². The van der Waals surface area contributed by atoms with Gasteiger partial charge in [-0.05, 0) is 38.5 Å². The predicted octanol–water partition coefficient (Wildman–Crippen LogP) is 2.98. The number of carbonyl (C=O) groups is 1. The summed E-state index contributed by atoms with van der Waals surface area (Å²) < 4.78 is 16.5. The van der Waals surface area contributed by atoms with Crippen molar-refractivity contribution < 1.29 is 18.7 Å². The zero-order valence-corrected chi connectivity index (χ0v) is 14.2. The summed E-state index contributed by atoms with van der Waals surface area (Å²) in [5.74, 6) is 1.46. The highest BCUT2D eigenvalue weighted by molar-refractivity contribution is 5.87. The smallest absolute Gasteiger partial charge is 0.374 e. The van der Waals surface area contributed by atoms with E-state index >= 15 is 0 Å². The van der Waals surface area contributed by atoms with Crippen LogP contribution < -0.4 is 4.74 Å². The number of likely N-dealkylation sites (tertiary alicyclic amines) is 1. The first-order valence-corrected chi connectivity index (χ1v) is 8.08. The number of pyridine rings is 1. The van der Waals surface area contributed by atoms with E-state index in [1.165, 1.54) is 7.11 Å². The number of rotatable bonds is 5. The highest BCUT2D eigenvalue weighted by Gasteiger charge is 2.30. The Morgan fingerprint density at radius 2 is 2.17 bits per heavy atom. The molecule has 0 aromatic carbocycles. The number of esters is 1. The minimum absolute atomic E-state index is 0.0770. The van der Waals surface area contributed by atoms with Crippen molar-refractivity contribution in [2.45, 2.75) is 32.4 Å². The average molecular weight is 330 g/mol. The molecule has 2 aromatic heterocycles. The Bertz CT molecular complexity index is 698. The summed E-state index contributed by atoms with van der Waals surface area (Å²) >= 11 is 0. The molecule has 2 unspecified atom stereocenters. The molecule has 0 bridgehead atoms. The van der Waals surface area contributed by atoms with E-state index in [-0.39, 0.29) is 17.9 Å². The fourth-order valence-electron chi connectivity index (χ4n) is 3.00. The zero-order valence-electron chi connectivity index (χ0n) is 14.2. The van der Waals surface area contributed by atoms with Gasteiger partial charge in [-0.1, -0.05) is 0 Å². The molecule has 1 saturated heterocycles. The molecule has 6 heteroatoms. The van der Waals surface area contributed by atoms with Crippen LogP contribution in [0.5, 0.6) is 5.75 Å². The monoisotopic (exact) mass is 330 g/mol. The minimum Gasteiger partial charge on any atom is -0.489 e. The Hall–Kier alpha value is -2.34. The fraction of sp³-hybridized carbons (Fsp3) is 0.444. The number of ether oxygens (including phenoxy) is 2. The van der Waals surface area contributed by atoms with E-state index in [0.717, 1.165) is 36.6 Å². The van der Waals surface area contributed by atoms with Crippen LogP contribution in [-0.4, -0.2) is 42.2 Å². The maximum Gasteiger partial charge on any atom is 0.374 e. The quantitative estimate of drug-likeness (QED) is 0.785. The topological polar surface area (TPSA) is 64.8 Å². The lowest BCUT2D eigenvalue weighted by atomic mass is 10.2. The van der Waals surface area contributed by atoms with E-state index in [1.807, 2.05) is 25.1 Å². The Morgan fingerprint density at radius 1 is 1.42 bits per heavy atom. The molecule has 2 aromatic rings. The number of furan rings is 1. The van der Waals surface area contributed by atoms with Gasteiger partial charge in [0.05, 0.1) is 13.2 Å². The first kappa shape index (κ1) is 16.5. The van der Waals surface area contributed by atoms with Crippen LogP contribution in [0.1, 0.15) is 41.3 Å². The van der Waals surface area contributed by atoms with Crippen LogP contribution in [0.3, 0.4) is 0 Å². The normalized spacial score (nSPS) is 19.2. The highest BCUT2D eigenvalue weighted by Crippen LogP contribution is 2.29. The molecular weight excluding hydrogens is 308 g/mol. The summed E-state index contributed by atoms with van der Waals surface area (Å²) in [5, 5.41) is 0. The molecule has 0 saturated carbocycles. The number of hydrogen-bond donors (Lipinski definition) is 0. The molecule has 2 atom stereocenters. The number of carbonyl (C=O) groups excluding carboxylic acids is 1. The second-order valence-electron chi connectivity index (χ2n) is 6.03. The predicted molar refractivity (Wildman–Crippen MR) is 88.0 cm³/mol. The van der Waals surface area contributed by atoms with Gasteiger partial charge in [0.1, 0.15) is 17.6 Å². The second-order valence-corrected chi connectivity index (χ2v) is 6.03. The Labute approximate surface area is 141 Å². The van der Waals surface area contributed by atoms with Crippen LogP contribution in [0, 0.1) is 6.92 Å². The number of methoxy groups -OCH3 is 1. The number of nitrogens with zero attached hydrogens (tertiary/aromatic N) is 2. The molecule has 24 heavy (non-hydrogen) atoms. The summed E-state index contributed by atoms with van der Waals surface area (Å²) in [6, 6.07) is 5.72. The van der Waals surface area contributed by atoms with Crippen molar-refractivity contribution in [3.8, 4) is 5.75 Å². The van der Waals surface area contributed by atoms with Gasteiger partial charge < -0.3 is 13.9 Å². The van der Waals surface area contributed by atoms with Crippen LogP contribution in [0.15, 0.2) is 35.0 Å². The van der Waals surface area contributed by atoms with E-state index in [2.05, 4.69) is 16.8 Å². The highest BCUT2D eigenvalue weighted by atomic mass is 16.5. The van der Waals surface area contributed by atoms with Gasteiger partial charge in [0.25, 0.3) is 0 Å². The molecule has 3 heterocycles. The van der Waals surface area contributed by atoms with Crippen molar-refractivity contribution in [2.24, 2.45) is 0 Å². The second kappa shape index (κ2) is 7.05. The third-order valence-electron chi connectivity index (χ3n) is 4.40. The molecule has 0 aliphatic carbocycles. The van der Waals surface area contributed by atoms with Gasteiger partial charge in [0.15, 0.2) is 0 Å². The number of aryl methyl sites for hydroxylation is 1. The maximum atomic E-state index is 11.7. The molecule has 1 fully saturated rings. The maximum absolute atomic E-state index is 11.7. The van der Waals surface area contributed by atoms with Gasteiger partial charge >= 0.3 is 5.97 Å².